The van der Waals surface area contributed by atoms with Gasteiger partial charge in [-0.15, -0.1) is 0 Å². The molecule has 0 aliphatic heterocycles. The summed E-state index contributed by atoms with van der Waals surface area (Å²) in [5, 5.41) is 10.7. The van der Waals surface area contributed by atoms with E-state index in [2.05, 4.69) is 20.8 Å². The second kappa shape index (κ2) is 4.51. The van der Waals surface area contributed by atoms with Crippen molar-refractivity contribution in [2.45, 2.75) is 27.2 Å². The lowest BCUT2D eigenvalue weighted by Gasteiger charge is -2.18. The molecule has 0 N–H and O–H groups in total. The van der Waals surface area contributed by atoms with Gasteiger partial charge in [0.25, 0.3) is 0 Å². The quantitative estimate of drug-likeness (QED) is 0.584. The van der Waals surface area contributed by atoms with E-state index in [-0.39, 0.29) is 11.1 Å². The Bertz CT molecular complexity index is 394. The average molecular weight is 223 g/mol. The molecule has 0 aliphatic rings. The minimum absolute atomic E-state index is 0.0140. The number of hydrogen-bond donors (Lipinski definition) is 0. The van der Waals surface area contributed by atoms with Crippen molar-refractivity contribution in [3.05, 3.63) is 33.9 Å². The summed E-state index contributed by atoms with van der Waals surface area (Å²) in [6, 6.07) is 5.02. The molecule has 1 rings (SSSR count). The van der Waals surface area contributed by atoms with Gasteiger partial charge in [0.2, 0.25) is 0 Å². The largest absolute Gasteiger partial charge is 0.490 e. The van der Waals surface area contributed by atoms with E-state index in [4.69, 9.17) is 4.74 Å². The molecule has 0 spiro atoms. The van der Waals surface area contributed by atoms with E-state index in [0.717, 1.165) is 12.0 Å². The van der Waals surface area contributed by atoms with Crippen molar-refractivity contribution in [3.63, 3.8) is 0 Å². The van der Waals surface area contributed by atoms with Crippen LogP contribution in [-0.2, 0) is 6.42 Å². The zero-order chi connectivity index (χ0) is 12.3. The van der Waals surface area contributed by atoms with Crippen LogP contribution in [0.25, 0.3) is 0 Å². The number of benzene rings is 1. The minimum Gasteiger partial charge on any atom is -0.490 e. The van der Waals surface area contributed by atoms with E-state index in [9.17, 15) is 10.1 Å². The summed E-state index contributed by atoms with van der Waals surface area (Å²) >= 11 is 0. The Morgan fingerprint density at radius 2 is 2.00 bits per heavy atom. The topological polar surface area (TPSA) is 52.4 Å². The second-order valence-corrected chi connectivity index (χ2v) is 5.00. The van der Waals surface area contributed by atoms with Gasteiger partial charge in [-0.25, -0.2) is 0 Å². The van der Waals surface area contributed by atoms with Gasteiger partial charge in [-0.1, -0.05) is 26.8 Å². The number of nitro groups is 1. The third-order valence-corrected chi connectivity index (χ3v) is 2.18. The number of methoxy groups -OCH3 is 1. The molecule has 4 heteroatoms. The summed E-state index contributed by atoms with van der Waals surface area (Å²) in [5.74, 6) is 0.326. The van der Waals surface area contributed by atoms with Gasteiger partial charge >= 0.3 is 5.69 Å². The summed E-state index contributed by atoms with van der Waals surface area (Å²) < 4.78 is 5.02. The molecule has 0 aliphatic carbocycles. The molecule has 0 atom stereocenters. The molecule has 0 bridgehead atoms. The SMILES string of the molecule is COc1cc(CC(C)(C)C)ccc1[N+](=O)[O-]. The van der Waals surface area contributed by atoms with Crippen LogP contribution in [0.15, 0.2) is 18.2 Å². The van der Waals surface area contributed by atoms with Gasteiger partial charge in [0, 0.05) is 6.07 Å². The Morgan fingerprint density at radius 3 is 2.44 bits per heavy atom. The lowest BCUT2D eigenvalue weighted by molar-refractivity contribution is -0.385. The van der Waals surface area contributed by atoms with Gasteiger partial charge in [0.15, 0.2) is 5.75 Å². The number of rotatable bonds is 3. The Morgan fingerprint density at radius 1 is 1.38 bits per heavy atom. The highest BCUT2D eigenvalue weighted by Crippen LogP contribution is 2.30. The van der Waals surface area contributed by atoms with Crippen molar-refractivity contribution < 1.29 is 9.66 Å². The van der Waals surface area contributed by atoms with Crippen molar-refractivity contribution in [2.24, 2.45) is 5.41 Å². The van der Waals surface area contributed by atoms with E-state index in [1.165, 1.54) is 13.2 Å². The van der Waals surface area contributed by atoms with E-state index < -0.39 is 4.92 Å². The van der Waals surface area contributed by atoms with Crippen LogP contribution in [0.5, 0.6) is 5.75 Å². The molecular weight excluding hydrogens is 206 g/mol. The fourth-order valence-corrected chi connectivity index (χ4v) is 1.60. The first-order valence-corrected chi connectivity index (χ1v) is 5.15. The minimum atomic E-state index is -0.431. The summed E-state index contributed by atoms with van der Waals surface area (Å²) in [5.41, 5.74) is 1.22. The molecule has 0 aromatic heterocycles. The highest BCUT2D eigenvalue weighted by molar-refractivity contribution is 5.48. The molecule has 0 fully saturated rings. The average Bonchev–Trinajstić information content (AvgIpc) is 2.14. The normalized spacial score (nSPS) is 11.2. The van der Waals surface area contributed by atoms with Crippen molar-refractivity contribution in [3.8, 4) is 5.75 Å². The van der Waals surface area contributed by atoms with E-state index in [0.29, 0.717) is 5.75 Å². The third-order valence-electron chi connectivity index (χ3n) is 2.18. The molecule has 0 saturated carbocycles. The maximum atomic E-state index is 10.7. The maximum Gasteiger partial charge on any atom is 0.310 e. The van der Waals surface area contributed by atoms with Gasteiger partial charge in [-0.2, -0.15) is 0 Å². The monoisotopic (exact) mass is 223 g/mol. The molecular formula is C12H17NO3. The highest BCUT2D eigenvalue weighted by Gasteiger charge is 2.17. The van der Waals surface area contributed by atoms with Crippen LogP contribution in [0, 0.1) is 15.5 Å². The van der Waals surface area contributed by atoms with Crippen LogP contribution in [0.2, 0.25) is 0 Å². The second-order valence-electron chi connectivity index (χ2n) is 5.00. The maximum absolute atomic E-state index is 10.7. The molecule has 0 saturated heterocycles. The molecule has 88 valence electrons. The fraction of sp³-hybridized carbons (Fsp3) is 0.500. The van der Waals surface area contributed by atoms with Gasteiger partial charge < -0.3 is 4.74 Å². The van der Waals surface area contributed by atoms with E-state index in [1.807, 2.05) is 0 Å². The molecule has 0 heterocycles. The highest BCUT2D eigenvalue weighted by atomic mass is 16.6. The molecule has 0 unspecified atom stereocenters. The number of nitro benzene ring substituents is 1. The summed E-state index contributed by atoms with van der Waals surface area (Å²) in [4.78, 5) is 10.3. The van der Waals surface area contributed by atoms with Crippen molar-refractivity contribution >= 4 is 5.69 Å². The predicted octanol–water partition coefficient (Wildman–Crippen LogP) is 3.19. The lowest BCUT2D eigenvalue weighted by atomic mass is 9.88. The number of ether oxygens (including phenoxy) is 1. The standard InChI is InChI=1S/C12H17NO3/c1-12(2,3)8-9-5-6-10(13(14)15)11(7-9)16-4/h5-7H,8H2,1-4H3. The first kappa shape index (κ1) is 12.5. The van der Waals surface area contributed by atoms with E-state index >= 15 is 0 Å². The van der Waals surface area contributed by atoms with E-state index in [1.54, 1.807) is 12.1 Å². The van der Waals surface area contributed by atoms with Crippen LogP contribution >= 0.6 is 0 Å². The Hall–Kier alpha value is -1.58. The molecule has 0 amide bonds. The summed E-state index contributed by atoms with van der Waals surface area (Å²) in [7, 11) is 1.45. The zero-order valence-electron chi connectivity index (χ0n) is 10.1. The van der Waals surface area contributed by atoms with Crippen LogP contribution in [0.3, 0.4) is 0 Å². The zero-order valence-corrected chi connectivity index (χ0v) is 10.1. The van der Waals surface area contributed by atoms with Gasteiger partial charge in [-0.3, -0.25) is 10.1 Å². The van der Waals surface area contributed by atoms with Crippen LogP contribution < -0.4 is 4.74 Å². The van der Waals surface area contributed by atoms with Crippen molar-refractivity contribution in [2.75, 3.05) is 7.11 Å². The van der Waals surface area contributed by atoms with Crippen molar-refractivity contribution in [1.82, 2.24) is 0 Å². The molecule has 1 aromatic carbocycles. The molecule has 16 heavy (non-hydrogen) atoms. The Kier molecular flexibility index (Phi) is 3.52. The predicted molar refractivity (Wildman–Crippen MR) is 62.8 cm³/mol. The Balaban J connectivity index is 3.05. The van der Waals surface area contributed by atoms with Crippen LogP contribution in [0.1, 0.15) is 26.3 Å². The van der Waals surface area contributed by atoms with Crippen molar-refractivity contribution in [1.29, 1.82) is 0 Å². The molecule has 4 nitrogen and oxygen atoms in total. The lowest BCUT2D eigenvalue weighted by Crippen LogP contribution is -2.09. The van der Waals surface area contributed by atoms with Gasteiger partial charge in [0.05, 0.1) is 12.0 Å². The summed E-state index contributed by atoms with van der Waals surface area (Å²) in [6.07, 6.45) is 0.862. The third kappa shape index (κ3) is 3.22. The number of hydrogen-bond acceptors (Lipinski definition) is 3. The van der Waals surface area contributed by atoms with Gasteiger partial charge in [0.1, 0.15) is 0 Å². The first-order chi connectivity index (χ1) is 7.33. The number of nitrogens with zero attached hydrogens (tertiary/aromatic N) is 1. The van der Waals surface area contributed by atoms with Gasteiger partial charge in [-0.05, 0) is 23.5 Å². The first-order valence-electron chi connectivity index (χ1n) is 5.15. The fourth-order valence-electron chi connectivity index (χ4n) is 1.60. The van der Waals surface area contributed by atoms with Crippen LogP contribution in [0.4, 0.5) is 5.69 Å². The van der Waals surface area contributed by atoms with Crippen LogP contribution in [-0.4, -0.2) is 12.0 Å². The Labute approximate surface area is 95.4 Å². The summed E-state index contributed by atoms with van der Waals surface area (Å²) in [6.45, 7) is 6.38. The molecule has 0 radical (unpaired) electrons. The smallest absolute Gasteiger partial charge is 0.310 e. The molecule has 1 aromatic rings.